The van der Waals surface area contributed by atoms with Crippen LogP contribution in [0, 0.1) is 11.8 Å². The lowest BCUT2D eigenvalue weighted by molar-refractivity contribution is 0.0630. The van der Waals surface area contributed by atoms with E-state index in [4.69, 9.17) is 9.47 Å². The van der Waals surface area contributed by atoms with Crippen LogP contribution in [0.25, 0.3) is 0 Å². The number of ether oxygens (including phenoxy) is 2. The number of hydrogen-bond donors (Lipinski definition) is 0. The molecular formula is C19H29NO3. The van der Waals surface area contributed by atoms with Crippen molar-refractivity contribution < 1.29 is 14.3 Å². The molecule has 2 atom stereocenters. The zero-order chi connectivity index (χ0) is 17.0. The van der Waals surface area contributed by atoms with Crippen molar-refractivity contribution in [1.29, 1.82) is 0 Å². The number of nitrogens with zero attached hydrogens (tertiary/aromatic N) is 1. The van der Waals surface area contributed by atoms with E-state index in [1.54, 1.807) is 32.4 Å². The van der Waals surface area contributed by atoms with Crippen molar-refractivity contribution >= 4 is 5.91 Å². The van der Waals surface area contributed by atoms with Crippen LogP contribution in [-0.2, 0) is 0 Å². The molecule has 1 aliphatic heterocycles. The van der Waals surface area contributed by atoms with Gasteiger partial charge in [0.15, 0.2) is 0 Å². The molecule has 1 heterocycles. The van der Waals surface area contributed by atoms with Gasteiger partial charge in [-0.3, -0.25) is 4.79 Å². The topological polar surface area (TPSA) is 38.8 Å². The van der Waals surface area contributed by atoms with Crippen molar-refractivity contribution in [2.75, 3.05) is 20.8 Å². The first-order valence-electron chi connectivity index (χ1n) is 8.50. The summed E-state index contributed by atoms with van der Waals surface area (Å²) in [6.45, 7) is 7.50. The molecule has 0 aromatic heterocycles. The zero-order valence-electron chi connectivity index (χ0n) is 15.0. The molecule has 0 spiro atoms. The van der Waals surface area contributed by atoms with Gasteiger partial charge in [-0.25, -0.2) is 0 Å². The van der Waals surface area contributed by atoms with Crippen LogP contribution in [0.15, 0.2) is 18.2 Å². The van der Waals surface area contributed by atoms with Crippen LogP contribution in [-0.4, -0.2) is 37.6 Å². The van der Waals surface area contributed by atoms with Crippen LogP contribution in [0.3, 0.4) is 0 Å². The highest BCUT2D eigenvalue weighted by Gasteiger charge is 2.30. The van der Waals surface area contributed by atoms with Gasteiger partial charge >= 0.3 is 0 Å². The second kappa shape index (κ2) is 7.71. The highest BCUT2D eigenvalue weighted by atomic mass is 16.5. The van der Waals surface area contributed by atoms with Crippen molar-refractivity contribution in [3.8, 4) is 11.5 Å². The predicted octanol–water partition coefficient (Wildman–Crippen LogP) is 3.99. The lowest BCUT2D eigenvalue weighted by atomic mass is 9.95. The first-order chi connectivity index (χ1) is 11.0. The Morgan fingerprint density at radius 3 is 2.22 bits per heavy atom. The molecule has 23 heavy (non-hydrogen) atoms. The van der Waals surface area contributed by atoms with Gasteiger partial charge in [0.05, 0.1) is 14.2 Å². The van der Waals surface area contributed by atoms with E-state index in [1.807, 2.05) is 0 Å². The first-order valence-corrected chi connectivity index (χ1v) is 8.50. The van der Waals surface area contributed by atoms with E-state index in [2.05, 4.69) is 25.7 Å². The molecule has 2 unspecified atom stereocenters. The van der Waals surface area contributed by atoms with Crippen LogP contribution in [0.2, 0.25) is 0 Å². The normalized spacial score (nSPS) is 21.9. The molecule has 1 fully saturated rings. The zero-order valence-corrected chi connectivity index (χ0v) is 15.0. The van der Waals surface area contributed by atoms with Crippen molar-refractivity contribution in [3.63, 3.8) is 0 Å². The predicted molar refractivity (Wildman–Crippen MR) is 92.2 cm³/mol. The molecule has 0 bridgehead atoms. The SMILES string of the molecule is COc1cc(OC)cc(C(=O)N2CCC(C)CCC2C(C)C)c1. The van der Waals surface area contributed by atoms with E-state index in [0.717, 1.165) is 19.4 Å². The molecule has 0 N–H and O–H groups in total. The van der Waals surface area contributed by atoms with Gasteiger partial charge in [-0.1, -0.05) is 20.8 Å². The molecule has 0 aliphatic carbocycles. The van der Waals surface area contributed by atoms with Gasteiger partial charge < -0.3 is 14.4 Å². The Morgan fingerprint density at radius 2 is 1.70 bits per heavy atom. The number of amides is 1. The smallest absolute Gasteiger partial charge is 0.254 e. The maximum Gasteiger partial charge on any atom is 0.254 e. The number of hydrogen-bond acceptors (Lipinski definition) is 3. The molecule has 128 valence electrons. The molecular weight excluding hydrogens is 290 g/mol. The minimum absolute atomic E-state index is 0.0787. The fraction of sp³-hybridized carbons (Fsp3) is 0.632. The van der Waals surface area contributed by atoms with E-state index < -0.39 is 0 Å². The summed E-state index contributed by atoms with van der Waals surface area (Å²) in [4.78, 5) is 15.2. The molecule has 1 amide bonds. The van der Waals surface area contributed by atoms with E-state index >= 15 is 0 Å². The Hall–Kier alpha value is -1.71. The Balaban J connectivity index is 2.32. The number of carbonyl (C=O) groups excluding carboxylic acids is 1. The van der Waals surface area contributed by atoms with Crippen molar-refractivity contribution in [2.24, 2.45) is 11.8 Å². The average molecular weight is 319 g/mol. The summed E-state index contributed by atoms with van der Waals surface area (Å²) in [6.07, 6.45) is 3.33. The van der Waals surface area contributed by atoms with Crippen LogP contribution < -0.4 is 9.47 Å². The number of likely N-dealkylation sites (tertiary alicyclic amines) is 1. The van der Waals surface area contributed by atoms with Crippen LogP contribution in [0.4, 0.5) is 0 Å². The van der Waals surface area contributed by atoms with Crippen molar-refractivity contribution in [3.05, 3.63) is 23.8 Å². The van der Waals surface area contributed by atoms with Crippen LogP contribution in [0.1, 0.15) is 50.4 Å². The number of methoxy groups -OCH3 is 2. The maximum absolute atomic E-state index is 13.1. The third kappa shape index (κ3) is 4.18. The second-order valence-electron chi connectivity index (χ2n) is 6.88. The summed E-state index contributed by atoms with van der Waals surface area (Å²) in [5.74, 6) is 2.51. The highest BCUT2D eigenvalue weighted by Crippen LogP contribution is 2.29. The van der Waals surface area contributed by atoms with Gasteiger partial charge in [-0.2, -0.15) is 0 Å². The largest absolute Gasteiger partial charge is 0.497 e. The lowest BCUT2D eigenvalue weighted by Gasteiger charge is -2.33. The van der Waals surface area contributed by atoms with Gasteiger partial charge in [0, 0.05) is 24.2 Å². The van der Waals surface area contributed by atoms with Gasteiger partial charge in [-0.05, 0) is 43.2 Å². The third-order valence-corrected chi connectivity index (χ3v) is 4.85. The van der Waals surface area contributed by atoms with E-state index in [0.29, 0.717) is 34.9 Å². The van der Waals surface area contributed by atoms with Gasteiger partial charge in [0.2, 0.25) is 0 Å². The van der Waals surface area contributed by atoms with E-state index in [-0.39, 0.29) is 5.91 Å². The maximum atomic E-state index is 13.1. The molecule has 0 saturated carbocycles. The second-order valence-corrected chi connectivity index (χ2v) is 6.88. The fourth-order valence-electron chi connectivity index (χ4n) is 3.32. The fourth-order valence-corrected chi connectivity index (χ4v) is 3.32. The van der Waals surface area contributed by atoms with E-state index in [1.165, 1.54) is 6.42 Å². The van der Waals surface area contributed by atoms with E-state index in [9.17, 15) is 4.79 Å². The van der Waals surface area contributed by atoms with Crippen LogP contribution in [0.5, 0.6) is 11.5 Å². The number of carbonyl (C=O) groups is 1. The minimum atomic E-state index is 0.0787. The highest BCUT2D eigenvalue weighted by molar-refractivity contribution is 5.95. The molecule has 2 rings (SSSR count). The molecule has 4 nitrogen and oxygen atoms in total. The van der Waals surface area contributed by atoms with Gasteiger partial charge in [0.25, 0.3) is 5.91 Å². The average Bonchev–Trinajstić information content (AvgIpc) is 2.75. The van der Waals surface area contributed by atoms with Crippen LogP contribution >= 0.6 is 0 Å². The standard InChI is InChI=1S/C19H29NO3/c1-13(2)18-7-6-14(3)8-9-20(18)19(21)15-10-16(22-4)12-17(11-15)23-5/h10-14,18H,6-9H2,1-5H3. The Bertz CT molecular complexity index is 519. The number of rotatable bonds is 4. The minimum Gasteiger partial charge on any atom is -0.497 e. The lowest BCUT2D eigenvalue weighted by Crippen LogP contribution is -2.42. The Labute approximate surface area is 139 Å². The monoisotopic (exact) mass is 319 g/mol. The summed E-state index contributed by atoms with van der Waals surface area (Å²) in [6, 6.07) is 5.69. The summed E-state index contributed by atoms with van der Waals surface area (Å²) >= 11 is 0. The molecule has 0 radical (unpaired) electrons. The summed E-state index contributed by atoms with van der Waals surface area (Å²) in [7, 11) is 3.21. The summed E-state index contributed by atoms with van der Waals surface area (Å²) in [5.41, 5.74) is 0.640. The first kappa shape index (κ1) is 17.6. The molecule has 1 aliphatic rings. The summed E-state index contributed by atoms with van der Waals surface area (Å²) in [5, 5.41) is 0. The van der Waals surface area contributed by atoms with Gasteiger partial charge in [-0.15, -0.1) is 0 Å². The Kier molecular flexibility index (Phi) is 5.91. The Morgan fingerprint density at radius 1 is 1.09 bits per heavy atom. The number of benzene rings is 1. The quantitative estimate of drug-likeness (QED) is 0.842. The molecule has 4 heteroatoms. The third-order valence-electron chi connectivity index (χ3n) is 4.85. The molecule has 1 saturated heterocycles. The molecule has 1 aromatic carbocycles. The summed E-state index contributed by atoms with van der Waals surface area (Å²) < 4.78 is 10.6. The van der Waals surface area contributed by atoms with Crippen molar-refractivity contribution in [1.82, 2.24) is 4.90 Å². The van der Waals surface area contributed by atoms with Crippen molar-refractivity contribution in [2.45, 2.75) is 46.1 Å². The molecule has 1 aromatic rings. The van der Waals surface area contributed by atoms with Gasteiger partial charge in [0.1, 0.15) is 11.5 Å².